The molecule has 8 atom stereocenters. The summed E-state index contributed by atoms with van der Waals surface area (Å²) in [4.78, 5) is 25.2. The molecule has 4 rings (SSSR count). The van der Waals surface area contributed by atoms with Crippen molar-refractivity contribution in [2.45, 2.75) is 86.5 Å². The van der Waals surface area contributed by atoms with E-state index in [1.165, 1.54) is 25.7 Å². The van der Waals surface area contributed by atoms with Gasteiger partial charge in [0.1, 0.15) is 0 Å². The third-order valence-corrected chi connectivity index (χ3v) is 10.3. The van der Waals surface area contributed by atoms with Crippen molar-refractivity contribution >= 4 is 11.6 Å². The van der Waals surface area contributed by atoms with Gasteiger partial charge < -0.3 is 0 Å². The lowest BCUT2D eigenvalue weighted by Crippen LogP contribution is -2.53. The fourth-order valence-corrected chi connectivity index (χ4v) is 8.00. The highest BCUT2D eigenvalue weighted by atomic mass is 16.1. The van der Waals surface area contributed by atoms with Gasteiger partial charge in [0, 0.05) is 18.4 Å². The highest BCUT2D eigenvalue weighted by Crippen LogP contribution is 2.67. The van der Waals surface area contributed by atoms with Crippen LogP contribution in [0.2, 0.25) is 0 Å². The molecule has 0 amide bonds. The first-order chi connectivity index (χ1) is 14.1. The zero-order chi connectivity index (χ0) is 21.8. The van der Waals surface area contributed by atoms with Gasteiger partial charge in [-0.25, -0.2) is 0 Å². The molecule has 0 bridgehead atoms. The Morgan fingerprint density at radius 3 is 2.40 bits per heavy atom. The van der Waals surface area contributed by atoms with E-state index in [-0.39, 0.29) is 17.0 Å². The van der Waals surface area contributed by atoms with Crippen molar-refractivity contribution in [3.8, 4) is 0 Å². The number of allylic oxidation sites excluding steroid dienone is 3. The summed E-state index contributed by atoms with van der Waals surface area (Å²) < 4.78 is 0. The lowest BCUT2D eigenvalue weighted by atomic mass is 9.46. The van der Waals surface area contributed by atoms with Crippen molar-refractivity contribution in [3.05, 3.63) is 23.8 Å². The van der Waals surface area contributed by atoms with Crippen LogP contribution in [-0.2, 0) is 9.59 Å². The summed E-state index contributed by atoms with van der Waals surface area (Å²) >= 11 is 0. The van der Waals surface area contributed by atoms with Gasteiger partial charge in [-0.15, -0.1) is 0 Å². The number of hydrogen-bond acceptors (Lipinski definition) is 2. The molecule has 3 unspecified atom stereocenters. The van der Waals surface area contributed by atoms with E-state index in [1.807, 2.05) is 0 Å². The van der Waals surface area contributed by atoms with E-state index in [9.17, 15) is 9.59 Å². The van der Waals surface area contributed by atoms with Gasteiger partial charge in [0.05, 0.1) is 0 Å². The Labute approximate surface area is 184 Å². The van der Waals surface area contributed by atoms with Gasteiger partial charge in [-0.1, -0.05) is 53.7 Å². The molecule has 0 radical (unpaired) electrons. The minimum Gasteiger partial charge on any atom is -0.295 e. The highest BCUT2D eigenvalue weighted by Gasteiger charge is 2.60. The Morgan fingerprint density at radius 1 is 0.967 bits per heavy atom. The first-order valence-electron chi connectivity index (χ1n) is 12.5. The van der Waals surface area contributed by atoms with Crippen LogP contribution in [0, 0.1) is 52.3 Å². The van der Waals surface area contributed by atoms with E-state index in [1.54, 1.807) is 6.08 Å². The van der Waals surface area contributed by atoms with Crippen LogP contribution < -0.4 is 0 Å². The van der Waals surface area contributed by atoms with Gasteiger partial charge in [-0.3, -0.25) is 9.59 Å². The van der Waals surface area contributed by atoms with Gasteiger partial charge in [0.15, 0.2) is 11.6 Å². The summed E-state index contributed by atoms with van der Waals surface area (Å²) in [7, 11) is 0. The summed E-state index contributed by atoms with van der Waals surface area (Å²) in [5, 5.41) is 0. The number of ketones is 2. The third kappa shape index (κ3) is 3.37. The van der Waals surface area contributed by atoms with Crippen LogP contribution in [0.4, 0.5) is 0 Å². The Bertz CT molecular complexity index is 774. The minimum atomic E-state index is -0.0639. The molecule has 4 aliphatic rings. The van der Waals surface area contributed by atoms with Crippen molar-refractivity contribution < 1.29 is 9.59 Å². The maximum absolute atomic E-state index is 13.2. The number of Topliss-reactive ketones (excluding diaryl/α,β-unsaturated/α-hetero) is 1. The number of carbonyl (C=O) groups is 2. The average molecular weight is 411 g/mol. The summed E-state index contributed by atoms with van der Waals surface area (Å²) in [6.45, 7) is 14.2. The zero-order valence-electron chi connectivity index (χ0n) is 20.0. The SMILES string of the molecule is CC(C)[C@H](C)/C=C/[C@@H](C)[C@H]1CCC2C3CC(=O)C4=CC(=O)CC[C@]4(C)C3CC[C@@]21C. The van der Waals surface area contributed by atoms with Crippen molar-refractivity contribution in [1.29, 1.82) is 0 Å². The molecule has 0 heterocycles. The molecule has 0 aromatic heterocycles. The summed E-state index contributed by atoms with van der Waals surface area (Å²) in [5.74, 6) is 4.85. The molecule has 0 saturated heterocycles. The molecule has 2 nitrogen and oxygen atoms in total. The lowest BCUT2D eigenvalue weighted by Gasteiger charge is -2.57. The first-order valence-corrected chi connectivity index (χ1v) is 12.5. The predicted octanol–water partition coefficient (Wildman–Crippen LogP) is 6.80. The standard InChI is InChI=1S/C28H42O2/c1-17(2)18(3)7-8-19(4)22-9-10-23-21-16-26(30)25-15-20(29)11-13-28(25,6)24(21)12-14-27(22,23)5/h7-8,15,17-19,21-24H,9-14,16H2,1-6H3/b8-7+/t18-,19-,21?,22-,23?,24?,27-,28-/m1/s1. The summed E-state index contributed by atoms with van der Waals surface area (Å²) in [6, 6.07) is 0. The van der Waals surface area contributed by atoms with E-state index < -0.39 is 0 Å². The average Bonchev–Trinajstić information content (AvgIpc) is 3.04. The van der Waals surface area contributed by atoms with Gasteiger partial charge in [-0.2, -0.15) is 0 Å². The topological polar surface area (TPSA) is 34.1 Å². The second kappa shape index (κ2) is 7.75. The predicted molar refractivity (Wildman–Crippen MR) is 123 cm³/mol. The number of carbonyl (C=O) groups excluding carboxylic acids is 2. The van der Waals surface area contributed by atoms with Crippen LogP contribution in [0.25, 0.3) is 0 Å². The van der Waals surface area contributed by atoms with E-state index in [0.717, 1.165) is 17.9 Å². The zero-order valence-corrected chi connectivity index (χ0v) is 20.0. The molecule has 3 fully saturated rings. The molecule has 30 heavy (non-hydrogen) atoms. The van der Waals surface area contributed by atoms with Crippen LogP contribution in [0.15, 0.2) is 23.8 Å². The van der Waals surface area contributed by atoms with Gasteiger partial charge >= 0.3 is 0 Å². The van der Waals surface area contributed by atoms with E-state index in [0.29, 0.717) is 53.8 Å². The van der Waals surface area contributed by atoms with E-state index in [2.05, 4.69) is 53.7 Å². The van der Waals surface area contributed by atoms with E-state index in [4.69, 9.17) is 0 Å². The fourth-order valence-electron chi connectivity index (χ4n) is 8.00. The van der Waals surface area contributed by atoms with Gasteiger partial charge in [0.2, 0.25) is 0 Å². The van der Waals surface area contributed by atoms with Gasteiger partial charge in [-0.05, 0) is 90.4 Å². The molecular formula is C28H42O2. The largest absolute Gasteiger partial charge is 0.295 e. The van der Waals surface area contributed by atoms with Crippen LogP contribution >= 0.6 is 0 Å². The van der Waals surface area contributed by atoms with Crippen molar-refractivity contribution in [1.82, 2.24) is 0 Å². The normalized spacial score (nSPS) is 43.2. The Hall–Kier alpha value is -1.18. The first kappa shape index (κ1) is 22.0. The molecule has 0 aromatic rings. The quantitative estimate of drug-likeness (QED) is 0.478. The van der Waals surface area contributed by atoms with Gasteiger partial charge in [0.25, 0.3) is 0 Å². The second-order valence-corrected chi connectivity index (χ2v) is 12.0. The van der Waals surface area contributed by atoms with Crippen LogP contribution in [0.3, 0.4) is 0 Å². The highest BCUT2D eigenvalue weighted by molar-refractivity contribution is 6.05. The number of fused-ring (bicyclic) bond motifs is 5. The molecular weight excluding hydrogens is 368 g/mol. The Balaban J connectivity index is 1.57. The van der Waals surface area contributed by atoms with Crippen molar-refractivity contribution in [2.75, 3.05) is 0 Å². The summed E-state index contributed by atoms with van der Waals surface area (Å²) in [5.41, 5.74) is 1.16. The Morgan fingerprint density at radius 2 is 1.70 bits per heavy atom. The van der Waals surface area contributed by atoms with E-state index >= 15 is 0 Å². The fraction of sp³-hybridized carbons (Fsp3) is 0.786. The number of hydrogen-bond donors (Lipinski definition) is 0. The summed E-state index contributed by atoms with van der Waals surface area (Å²) in [6.07, 6.45) is 13.9. The number of rotatable bonds is 4. The van der Waals surface area contributed by atoms with Crippen molar-refractivity contribution in [3.63, 3.8) is 0 Å². The molecule has 3 saturated carbocycles. The van der Waals surface area contributed by atoms with Crippen molar-refractivity contribution in [2.24, 2.45) is 52.3 Å². The Kier molecular flexibility index (Phi) is 5.69. The molecule has 166 valence electrons. The maximum Gasteiger partial charge on any atom is 0.159 e. The van der Waals surface area contributed by atoms with Crippen LogP contribution in [0.5, 0.6) is 0 Å². The molecule has 0 spiro atoms. The monoisotopic (exact) mass is 410 g/mol. The van der Waals surface area contributed by atoms with Crippen LogP contribution in [0.1, 0.15) is 86.5 Å². The third-order valence-electron chi connectivity index (χ3n) is 10.3. The minimum absolute atomic E-state index is 0.0639. The molecule has 0 aliphatic heterocycles. The maximum atomic E-state index is 13.2. The molecule has 0 aromatic carbocycles. The van der Waals surface area contributed by atoms with Crippen LogP contribution in [-0.4, -0.2) is 11.6 Å². The second-order valence-electron chi connectivity index (χ2n) is 12.0. The molecule has 0 N–H and O–H groups in total. The smallest absolute Gasteiger partial charge is 0.159 e. The lowest BCUT2D eigenvalue weighted by molar-refractivity contribution is -0.131. The molecule has 4 aliphatic carbocycles. The molecule has 2 heteroatoms.